The van der Waals surface area contributed by atoms with Crippen molar-refractivity contribution in [3.63, 3.8) is 0 Å². The third-order valence-electron chi connectivity index (χ3n) is 2.22. The second-order valence-corrected chi connectivity index (χ2v) is 4.47. The molecule has 1 fully saturated rings. The molecule has 2 rings (SSSR count). The molecule has 0 radical (unpaired) electrons. The van der Waals surface area contributed by atoms with Gasteiger partial charge in [0.2, 0.25) is 5.13 Å². The Hall–Kier alpha value is -1.05. The monoisotopic (exact) mass is 242 g/mol. The van der Waals surface area contributed by atoms with Crippen LogP contribution < -0.4 is 10.6 Å². The molecule has 0 aliphatic carbocycles. The van der Waals surface area contributed by atoms with Crippen molar-refractivity contribution in [1.29, 1.82) is 0 Å². The molecule has 88 valence electrons. The largest absolute Gasteiger partial charge is 0.366 e. The average molecular weight is 242 g/mol. The van der Waals surface area contributed by atoms with Crippen LogP contribution in [0.3, 0.4) is 0 Å². The lowest BCUT2D eigenvalue weighted by Crippen LogP contribution is -2.45. The maximum atomic E-state index is 11.7. The number of amides is 1. The molecule has 1 aliphatic rings. The van der Waals surface area contributed by atoms with Gasteiger partial charge in [-0.15, -0.1) is 10.2 Å². The number of morpholine rings is 1. The number of carbonyl (C=O) groups is 1. The Bertz CT molecular complexity index is 362. The van der Waals surface area contributed by atoms with E-state index >= 15 is 0 Å². The fraction of sp³-hybridized carbons (Fsp3) is 0.667. The molecule has 0 spiro atoms. The van der Waals surface area contributed by atoms with Crippen LogP contribution in [0.15, 0.2) is 0 Å². The van der Waals surface area contributed by atoms with E-state index in [0.29, 0.717) is 18.3 Å². The van der Waals surface area contributed by atoms with Crippen molar-refractivity contribution < 1.29 is 9.53 Å². The molecule has 1 unspecified atom stereocenters. The van der Waals surface area contributed by atoms with Crippen LogP contribution in [-0.4, -0.2) is 41.9 Å². The molecule has 1 atom stereocenters. The standard InChI is InChI=1S/C9H14N4O2S/c1-2-7-12-13-9(16-7)11-8(14)6-5-10-3-4-15-6/h6,10H,2-5H2,1H3,(H,11,13,14). The summed E-state index contributed by atoms with van der Waals surface area (Å²) in [4.78, 5) is 11.7. The minimum atomic E-state index is -0.428. The highest BCUT2D eigenvalue weighted by molar-refractivity contribution is 7.15. The maximum Gasteiger partial charge on any atom is 0.256 e. The van der Waals surface area contributed by atoms with E-state index in [0.717, 1.165) is 18.0 Å². The van der Waals surface area contributed by atoms with Crippen molar-refractivity contribution in [1.82, 2.24) is 15.5 Å². The molecule has 0 aromatic carbocycles. The number of rotatable bonds is 3. The van der Waals surface area contributed by atoms with Gasteiger partial charge < -0.3 is 10.1 Å². The zero-order chi connectivity index (χ0) is 11.4. The Kier molecular flexibility index (Phi) is 3.81. The van der Waals surface area contributed by atoms with Crippen molar-refractivity contribution in [3.05, 3.63) is 5.01 Å². The third-order valence-corrected chi connectivity index (χ3v) is 3.20. The lowest BCUT2D eigenvalue weighted by Gasteiger charge is -2.21. The Balaban J connectivity index is 1.90. The number of hydrogen-bond donors (Lipinski definition) is 2. The molecule has 1 aromatic rings. The van der Waals surface area contributed by atoms with Crippen LogP contribution in [0.1, 0.15) is 11.9 Å². The molecule has 1 saturated heterocycles. The van der Waals surface area contributed by atoms with Gasteiger partial charge in [0.25, 0.3) is 5.91 Å². The number of nitrogens with zero attached hydrogens (tertiary/aromatic N) is 2. The summed E-state index contributed by atoms with van der Waals surface area (Å²) in [6.07, 6.45) is 0.400. The number of nitrogens with one attached hydrogen (secondary N) is 2. The van der Waals surface area contributed by atoms with E-state index in [1.807, 2.05) is 6.92 Å². The summed E-state index contributed by atoms with van der Waals surface area (Å²) in [5.41, 5.74) is 0. The summed E-state index contributed by atoms with van der Waals surface area (Å²) in [6, 6.07) is 0. The van der Waals surface area contributed by atoms with Crippen LogP contribution >= 0.6 is 11.3 Å². The first-order valence-electron chi connectivity index (χ1n) is 5.25. The Morgan fingerprint density at radius 3 is 3.19 bits per heavy atom. The van der Waals surface area contributed by atoms with Gasteiger partial charge in [0.05, 0.1) is 6.61 Å². The van der Waals surface area contributed by atoms with E-state index in [9.17, 15) is 4.79 Å². The maximum absolute atomic E-state index is 11.7. The van der Waals surface area contributed by atoms with Crippen molar-refractivity contribution in [2.75, 3.05) is 25.0 Å². The zero-order valence-corrected chi connectivity index (χ0v) is 9.84. The number of aryl methyl sites for hydroxylation is 1. The smallest absolute Gasteiger partial charge is 0.256 e. The minimum absolute atomic E-state index is 0.161. The summed E-state index contributed by atoms with van der Waals surface area (Å²) in [5.74, 6) is -0.161. The predicted molar refractivity (Wildman–Crippen MR) is 60.5 cm³/mol. The number of aromatic nitrogens is 2. The van der Waals surface area contributed by atoms with Gasteiger partial charge in [-0.25, -0.2) is 0 Å². The lowest BCUT2D eigenvalue weighted by atomic mass is 10.3. The van der Waals surface area contributed by atoms with Gasteiger partial charge in [0.1, 0.15) is 11.1 Å². The van der Waals surface area contributed by atoms with E-state index in [-0.39, 0.29) is 5.91 Å². The highest BCUT2D eigenvalue weighted by atomic mass is 32.1. The van der Waals surface area contributed by atoms with Crippen LogP contribution in [0.25, 0.3) is 0 Å². The Morgan fingerprint density at radius 2 is 2.56 bits per heavy atom. The predicted octanol–water partition coefficient (Wildman–Crippen LogP) is 0.0274. The molecule has 1 aromatic heterocycles. The molecular weight excluding hydrogens is 228 g/mol. The summed E-state index contributed by atoms with van der Waals surface area (Å²) < 4.78 is 5.33. The normalized spacial score (nSPS) is 20.7. The van der Waals surface area contributed by atoms with Gasteiger partial charge in [0, 0.05) is 13.1 Å². The van der Waals surface area contributed by atoms with Crippen molar-refractivity contribution in [2.24, 2.45) is 0 Å². The zero-order valence-electron chi connectivity index (χ0n) is 9.02. The minimum Gasteiger partial charge on any atom is -0.366 e. The highest BCUT2D eigenvalue weighted by Crippen LogP contribution is 2.15. The van der Waals surface area contributed by atoms with Gasteiger partial charge in [-0.3, -0.25) is 10.1 Å². The summed E-state index contributed by atoms with van der Waals surface area (Å²) in [7, 11) is 0. The van der Waals surface area contributed by atoms with Crippen LogP contribution in [0.2, 0.25) is 0 Å². The van der Waals surface area contributed by atoms with Gasteiger partial charge >= 0.3 is 0 Å². The van der Waals surface area contributed by atoms with Crippen LogP contribution in [0, 0.1) is 0 Å². The van der Waals surface area contributed by atoms with Gasteiger partial charge in [0.15, 0.2) is 0 Å². The molecule has 1 amide bonds. The first-order chi connectivity index (χ1) is 7.79. The van der Waals surface area contributed by atoms with Gasteiger partial charge in [-0.2, -0.15) is 0 Å². The topological polar surface area (TPSA) is 76.1 Å². The van der Waals surface area contributed by atoms with E-state index < -0.39 is 6.10 Å². The van der Waals surface area contributed by atoms with E-state index in [1.54, 1.807) is 0 Å². The molecule has 0 bridgehead atoms. The Morgan fingerprint density at radius 1 is 1.69 bits per heavy atom. The molecule has 1 aliphatic heterocycles. The molecule has 6 nitrogen and oxygen atoms in total. The average Bonchev–Trinajstić information content (AvgIpc) is 2.78. The summed E-state index contributed by atoms with van der Waals surface area (Å²) in [6.45, 7) is 3.91. The molecular formula is C9H14N4O2S. The fourth-order valence-corrected chi connectivity index (χ4v) is 2.05. The molecule has 16 heavy (non-hydrogen) atoms. The second-order valence-electron chi connectivity index (χ2n) is 3.41. The van der Waals surface area contributed by atoms with Crippen molar-refractivity contribution in [2.45, 2.75) is 19.4 Å². The van der Waals surface area contributed by atoms with E-state index in [4.69, 9.17) is 4.74 Å². The second kappa shape index (κ2) is 5.33. The number of ether oxygens (including phenoxy) is 1. The van der Waals surface area contributed by atoms with Crippen LogP contribution in [-0.2, 0) is 16.0 Å². The van der Waals surface area contributed by atoms with Crippen LogP contribution in [0.5, 0.6) is 0 Å². The SMILES string of the molecule is CCc1nnc(NC(=O)C2CNCCO2)s1. The highest BCUT2D eigenvalue weighted by Gasteiger charge is 2.22. The Labute approximate surface area is 97.4 Å². The first-order valence-corrected chi connectivity index (χ1v) is 6.07. The number of carbonyl (C=O) groups excluding carboxylic acids is 1. The first kappa shape index (κ1) is 11.4. The fourth-order valence-electron chi connectivity index (χ4n) is 1.37. The number of anilines is 1. The number of hydrogen-bond acceptors (Lipinski definition) is 6. The van der Waals surface area contributed by atoms with E-state index in [1.165, 1.54) is 11.3 Å². The van der Waals surface area contributed by atoms with Gasteiger partial charge in [-0.05, 0) is 6.42 Å². The van der Waals surface area contributed by atoms with Crippen molar-refractivity contribution >= 4 is 22.4 Å². The quantitative estimate of drug-likeness (QED) is 0.782. The molecule has 2 N–H and O–H groups in total. The van der Waals surface area contributed by atoms with Gasteiger partial charge in [-0.1, -0.05) is 18.3 Å². The van der Waals surface area contributed by atoms with Crippen molar-refractivity contribution in [3.8, 4) is 0 Å². The van der Waals surface area contributed by atoms with Crippen LogP contribution in [0.4, 0.5) is 5.13 Å². The molecule has 0 saturated carbocycles. The lowest BCUT2D eigenvalue weighted by molar-refractivity contribution is -0.128. The van der Waals surface area contributed by atoms with E-state index in [2.05, 4.69) is 20.8 Å². The molecule has 7 heteroatoms. The third kappa shape index (κ3) is 2.75. The molecule has 2 heterocycles. The summed E-state index contributed by atoms with van der Waals surface area (Å²) >= 11 is 1.40. The summed E-state index contributed by atoms with van der Waals surface area (Å²) in [5, 5.41) is 15.1.